The zero-order valence-corrected chi connectivity index (χ0v) is 21.7. The van der Waals surface area contributed by atoms with E-state index in [1.165, 1.54) is 4.57 Å². The molecule has 1 N–H and O–H groups in total. The van der Waals surface area contributed by atoms with Gasteiger partial charge in [0, 0.05) is 45.6 Å². The van der Waals surface area contributed by atoms with E-state index in [9.17, 15) is 14.7 Å². The van der Waals surface area contributed by atoms with Crippen LogP contribution >= 0.6 is 0 Å². The number of carbonyl (C=O) groups is 1. The fourth-order valence-corrected chi connectivity index (χ4v) is 5.08. The number of para-hydroxylation sites is 2. The van der Waals surface area contributed by atoms with Crippen LogP contribution in [0.3, 0.4) is 0 Å². The zero-order valence-electron chi connectivity index (χ0n) is 21.7. The third-order valence-corrected chi connectivity index (χ3v) is 7.02. The van der Waals surface area contributed by atoms with Gasteiger partial charge in [-0.15, -0.1) is 0 Å². The number of carbonyl (C=O) groups excluding carboxylic acids is 1. The Morgan fingerprint density at radius 2 is 1.92 bits per heavy atom. The van der Waals surface area contributed by atoms with Gasteiger partial charge in [-0.05, 0) is 53.4 Å². The van der Waals surface area contributed by atoms with Gasteiger partial charge in [-0.2, -0.15) is 0 Å². The summed E-state index contributed by atoms with van der Waals surface area (Å²) in [4.78, 5) is 43.2. The van der Waals surface area contributed by atoms with Crippen molar-refractivity contribution in [1.82, 2.24) is 24.4 Å². The predicted octanol–water partition coefficient (Wildman–Crippen LogP) is 3.54. The number of amides is 1. The molecule has 3 aromatic heterocycles. The Morgan fingerprint density at radius 3 is 2.67 bits per heavy atom. The second-order valence-electron chi connectivity index (χ2n) is 9.71. The maximum absolute atomic E-state index is 13.3. The molecule has 1 unspecified atom stereocenters. The topological polar surface area (TPSA) is 118 Å². The number of fused-ring (bicyclic) bond motifs is 2. The molecule has 1 aliphatic heterocycles. The van der Waals surface area contributed by atoms with Crippen LogP contribution in [0.4, 0.5) is 5.95 Å². The molecule has 0 spiro atoms. The van der Waals surface area contributed by atoms with Crippen LogP contribution in [0.15, 0.2) is 76.2 Å². The summed E-state index contributed by atoms with van der Waals surface area (Å²) in [6.45, 7) is 0.533. The summed E-state index contributed by atoms with van der Waals surface area (Å²) in [6, 6.07) is 16.3. The number of oxazole rings is 1. The Kier molecular flexibility index (Phi) is 5.86. The first-order chi connectivity index (χ1) is 18.8. The van der Waals surface area contributed by atoms with Crippen LogP contribution in [0.25, 0.3) is 22.7 Å². The largest absolute Gasteiger partial charge is 0.501 e. The lowest BCUT2D eigenvalue weighted by Crippen LogP contribution is -2.40. The van der Waals surface area contributed by atoms with Crippen LogP contribution in [0.1, 0.15) is 33.1 Å². The van der Waals surface area contributed by atoms with Crippen LogP contribution < -0.4 is 10.5 Å². The standard InChI is InChI=1S/C29H26N6O4/c1-33(2)27(37)18-11-10-17-12-14-35(24(20(17)15-18)19-7-6-13-30-16-19)29-32-23(25(36)28(38)34(29)3)26-31-21-8-4-5-9-22(21)39-26/h4-11,13,15-16,24,36H,12,14H2,1-3H3. The monoisotopic (exact) mass is 522 g/mol. The van der Waals surface area contributed by atoms with E-state index >= 15 is 0 Å². The van der Waals surface area contributed by atoms with Crippen LogP contribution in [0.5, 0.6) is 5.75 Å². The first-order valence-corrected chi connectivity index (χ1v) is 12.5. The van der Waals surface area contributed by atoms with Gasteiger partial charge in [-0.25, -0.2) is 9.97 Å². The molecule has 0 fully saturated rings. The molecular formula is C29H26N6O4. The minimum absolute atomic E-state index is 0.0310. The predicted molar refractivity (Wildman–Crippen MR) is 146 cm³/mol. The average Bonchev–Trinajstić information content (AvgIpc) is 3.39. The molecule has 0 radical (unpaired) electrons. The lowest BCUT2D eigenvalue weighted by molar-refractivity contribution is 0.0827. The zero-order chi connectivity index (χ0) is 27.3. The third kappa shape index (κ3) is 4.10. The molecule has 5 aromatic rings. The fourth-order valence-electron chi connectivity index (χ4n) is 5.08. The van der Waals surface area contributed by atoms with Crippen molar-refractivity contribution in [1.29, 1.82) is 0 Å². The highest BCUT2D eigenvalue weighted by atomic mass is 16.4. The Balaban J connectivity index is 1.54. The molecule has 1 amide bonds. The number of hydrogen-bond acceptors (Lipinski definition) is 8. The van der Waals surface area contributed by atoms with Gasteiger partial charge in [0.05, 0.1) is 6.04 Å². The van der Waals surface area contributed by atoms with Crippen LogP contribution in [-0.4, -0.2) is 56.1 Å². The van der Waals surface area contributed by atoms with Gasteiger partial charge in [-0.1, -0.05) is 24.3 Å². The Morgan fingerprint density at radius 1 is 1.10 bits per heavy atom. The van der Waals surface area contributed by atoms with Gasteiger partial charge < -0.3 is 19.3 Å². The quantitative estimate of drug-likeness (QED) is 0.381. The van der Waals surface area contributed by atoms with Crippen LogP contribution in [0.2, 0.25) is 0 Å². The average molecular weight is 523 g/mol. The number of hydrogen-bond donors (Lipinski definition) is 1. The molecule has 39 heavy (non-hydrogen) atoms. The highest BCUT2D eigenvalue weighted by Gasteiger charge is 2.34. The molecule has 1 aliphatic rings. The lowest BCUT2D eigenvalue weighted by atomic mass is 9.87. The Hall–Kier alpha value is -4.99. The third-order valence-electron chi connectivity index (χ3n) is 7.02. The van der Waals surface area contributed by atoms with Crippen molar-refractivity contribution >= 4 is 23.0 Å². The molecule has 10 heteroatoms. The van der Waals surface area contributed by atoms with Crippen LogP contribution in [-0.2, 0) is 13.5 Å². The van der Waals surface area contributed by atoms with Gasteiger partial charge in [0.25, 0.3) is 17.4 Å². The number of aromatic nitrogens is 4. The number of rotatable bonds is 4. The summed E-state index contributed by atoms with van der Waals surface area (Å²) in [6.07, 6.45) is 4.13. The molecule has 4 heterocycles. The van der Waals surface area contributed by atoms with E-state index in [0.717, 1.165) is 16.7 Å². The molecule has 0 bridgehead atoms. The molecular weight excluding hydrogens is 496 g/mol. The van der Waals surface area contributed by atoms with E-state index < -0.39 is 17.4 Å². The molecule has 6 rings (SSSR count). The number of pyridine rings is 1. The maximum Gasteiger partial charge on any atom is 0.297 e. The molecule has 0 saturated carbocycles. The normalized spacial score (nSPS) is 14.8. The molecule has 2 aromatic carbocycles. The fraction of sp³-hybridized carbons (Fsp3) is 0.207. The van der Waals surface area contributed by atoms with Crippen molar-refractivity contribution in [2.75, 3.05) is 25.5 Å². The van der Waals surface area contributed by atoms with E-state index in [0.29, 0.717) is 35.6 Å². The molecule has 1 atom stereocenters. The minimum Gasteiger partial charge on any atom is -0.501 e. The van der Waals surface area contributed by atoms with Crippen molar-refractivity contribution in [2.45, 2.75) is 12.5 Å². The maximum atomic E-state index is 13.3. The van der Waals surface area contributed by atoms with Gasteiger partial charge in [0.15, 0.2) is 11.3 Å². The van der Waals surface area contributed by atoms with E-state index in [2.05, 4.69) is 9.97 Å². The van der Waals surface area contributed by atoms with Crippen molar-refractivity contribution in [3.8, 4) is 17.3 Å². The van der Waals surface area contributed by atoms with E-state index in [4.69, 9.17) is 9.40 Å². The van der Waals surface area contributed by atoms with Crippen molar-refractivity contribution < 1.29 is 14.3 Å². The summed E-state index contributed by atoms with van der Waals surface area (Å²) in [5, 5.41) is 10.8. The number of aromatic hydroxyl groups is 1. The molecule has 0 aliphatic carbocycles. The van der Waals surface area contributed by atoms with E-state index in [-0.39, 0.29) is 17.5 Å². The Bertz CT molecular complexity index is 1740. The number of benzene rings is 2. The highest BCUT2D eigenvalue weighted by Crippen LogP contribution is 2.39. The first kappa shape index (κ1) is 24.4. The van der Waals surface area contributed by atoms with Crippen LogP contribution in [0, 0.1) is 0 Å². The first-order valence-electron chi connectivity index (χ1n) is 12.5. The van der Waals surface area contributed by atoms with Crippen molar-refractivity contribution in [2.24, 2.45) is 7.05 Å². The molecule has 196 valence electrons. The summed E-state index contributed by atoms with van der Waals surface area (Å²) in [5.41, 5.74) is 3.92. The van der Waals surface area contributed by atoms with Crippen molar-refractivity contribution in [3.05, 3.63) is 99.6 Å². The van der Waals surface area contributed by atoms with Crippen molar-refractivity contribution in [3.63, 3.8) is 0 Å². The van der Waals surface area contributed by atoms with E-state index in [1.54, 1.807) is 50.6 Å². The summed E-state index contributed by atoms with van der Waals surface area (Å²) >= 11 is 0. The minimum atomic E-state index is -0.621. The summed E-state index contributed by atoms with van der Waals surface area (Å²) in [7, 11) is 5.01. The Labute approximate surface area is 223 Å². The second kappa shape index (κ2) is 9.39. The summed E-state index contributed by atoms with van der Waals surface area (Å²) in [5.74, 6) is -0.254. The SMILES string of the molecule is CN(C)C(=O)c1ccc2c(c1)C(c1cccnc1)N(c1nc(-c3nc4ccccc4o3)c(O)c(=O)n1C)CC2. The smallest absolute Gasteiger partial charge is 0.297 e. The van der Waals surface area contributed by atoms with Gasteiger partial charge >= 0.3 is 0 Å². The summed E-state index contributed by atoms with van der Waals surface area (Å²) < 4.78 is 7.18. The van der Waals surface area contributed by atoms with Gasteiger partial charge in [0.1, 0.15) is 5.52 Å². The molecule has 0 saturated heterocycles. The highest BCUT2D eigenvalue weighted by molar-refractivity contribution is 5.94. The lowest BCUT2D eigenvalue weighted by Gasteiger charge is -2.39. The van der Waals surface area contributed by atoms with Gasteiger partial charge in [-0.3, -0.25) is 19.1 Å². The van der Waals surface area contributed by atoms with Gasteiger partial charge in [0.2, 0.25) is 11.7 Å². The number of nitrogens with zero attached hydrogens (tertiary/aromatic N) is 6. The number of anilines is 1. The van der Waals surface area contributed by atoms with E-state index in [1.807, 2.05) is 47.4 Å². The second-order valence-corrected chi connectivity index (χ2v) is 9.71. The molecule has 10 nitrogen and oxygen atoms in total.